The standard InChI is InChI=1S/C20H23NO3S/c1-5-24-20(23)17-14(4)18(15-9-7-6-8-10-15)25-19(17)21-12-11-16(22)13(2)3/h6-13,21H,5H2,1-4H3/b12-11+. The lowest BCUT2D eigenvalue weighted by molar-refractivity contribution is -0.117. The van der Waals surface area contributed by atoms with Crippen molar-refractivity contribution in [2.45, 2.75) is 27.7 Å². The first kappa shape index (κ1) is 18.9. The van der Waals surface area contributed by atoms with Gasteiger partial charge < -0.3 is 10.1 Å². The summed E-state index contributed by atoms with van der Waals surface area (Å²) in [5, 5.41) is 3.77. The van der Waals surface area contributed by atoms with Gasteiger partial charge in [0.1, 0.15) is 5.00 Å². The van der Waals surface area contributed by atoms with E-state index >= 15 is 0 Å². The first-order valence-corrected chi connectivity index (χ1v) is 9.10. The van der Waals surface area contributed by atoms with Gasteiger partial charge in [-0.25, -0.2) is 4.79 Å². The van der Waals surface area contributed by atoms with Crippen LogP contribution in [-0.4, -0.2) is 18.4 Å². The molecule has 25 heavy (non-hydrogen) atoms. The fraction of sp³-hybridized carbons (Fsp3) is 0.300. The summed E-state index contributed by atoms with van der Waals surface area (Å²) in [6.45, 7) is 7.71. The van der Waals surface area contributed by atoms with E-state index in [2.05, 4.69) is 5.32 Å². The molecule has 0 radical (unpaired) electrons. The molecule has 0 aliphatic carbocycles. The van der Waals surface area contributed by atoms with Gasteiger partial charge in [0.2, 0.25) is 0 Å². The summed E-state index contributed by atoms with van der Waals surface area (Å²) in [6.07, 6.45) is 3.09. The molecular weight excluding hydrogens is 334 g/mol. The van der Waals surface area contributed by atoms with Crippen LogP contribution < -0.4 is 5.32 Å². The van der Waals surface area contributed by atoms with Crippen molar-refractivity contribution < 1.29 is 14.3 Å². The predicted octanol–water partition coefficient (Wildman–Crippen LogP) is 5.05. The Balaban J connectivity index is 2.40. The predicted molar refractivity (Wildman–Crippen MR) is 103 cm³/mol. The molecule has 0 amide bonds. The third kappa shape index (κ3) is 4.57. The van der Waals surface area contributed by atoms with Crippen LogP contribution in [0.2, 0.25) is 0 Å². The van der Waals surface area contributed by atoms with E-state index in [-0.39, 0.29) is 17.7 Å². The van der Waals surface area contributed by atoms with Gasteiger partial charge in [-0.2, -0.15) is 0 Å². The number of rotatable bonds is 7. The first-order chi connectivity index (χ1) is 12.0. The minimum atomic E-state index is -0.357. The van der Waals surface area contributed by atoms with Crippen molar-refractivity contribution in [3.63, 3.8) is 0 Å². The fourth-order valence-electron chi connectivity index (χ4n) is 2.32. The molecule has 1 heterocycles. The molecule has 1 aromatic carbocycles. The first-order valence-electron chi connectivity index (χ1n) is 8.28. The van der Waals surface area contributed by atoms with Crippen molar-refractivity contribution in [1.82, 2.24) is 0 Å². The Bertz CT molecular complexity index is 776. The highest BCUT2D eigenvalue weighted by atomic mass is 32.1. The molecule has 0 atom stereocenters. The average Bonchev–Trinajstić information content (AvgIpc) is 2.92. The molecule has 0 fully saturated rings. The lowest BCUT2D eigenvalue weighted by Gasteiger charge is -2.05. The second-order valence-electron chi connectivity index (χ2n) is 5.88. The summed E-state index contributed by atoms with van der Waals surface area (Å²) >= 11 is 1.48. The van der Waals surface area contributed by atoms with Crippen LogP contribution >= 0.6 is 11.3 Å². The maximum Gasteiger partial charge on any atom is 0.341 e. The van der Waals surface area contributed by atoms with Gasteiger partial charge >= 0.3 is 5.97 Å². The molecule has 1 N–H and O–H groups in total. The van der Waals surface area contributed by atoms with Crippen LogP contribution in [0.5, 0.6) is 0 Å². The van der Waals surface area contributed by atoms with Crippen molar-refractivity contribution in [3.8, 4) is 10.4 Å². The van der Waals surface area contributed by atoms with Gasteiger partial charge in [-0.1, -0.05) is 44.2 Å². The number of benzene rings is 1. The highest BCUT2D eigenvalue weighted by molar-refractivity contribution is 7.20. The van der Waals surface area contributed by atoms with Crippen molar-refractivity contribution in [1.29, 1.82) is 0 Å². The Morgan fingerprint density at radius 2 is 1.92 bits per heavy atom. The van der Waals surface area contributed by atoms with Crippen molar-refractivity contribution in [3.05, 3.63) is 53.7 Å². The van der Waals surface area contributed by atoms with E-state index in [1.165, 1.54) is 17.4 Å². The maximum atomic E-state index is 12.4. The Kier molecular flexibility index (Phi) is 6.53. The molecule has 4 nitrogen and oxygen atoms in total. The van der Waals surface area contributed by atoms with E-state index in [4.69, 9.17) is 4.74 Å². The summed E-state index contributed by atoms with van der Waals surface area (Å²) < 4.78 is 5.20. The second-order valence-corrected chi connectivity index (χ2v) is 6.90. The van der Waals surface area contributed by atoms with Crippen LogP contribution in [0.25, 0.3) is 10.4 Å². The van der Waals surface area contributed by atoms with Crippen LogP contribution in [-0.2, 0) is 9.53 Å². The van der Waals surface area contributed by atoms with Crippen LogP contribution in [0.1, 0.15) is 36.7 Å². The molecule has 0 aliphatic rings. The number of carbonyl (C=O) groups is 2. The van der Waals surface area contributed by atoms with E-state index in [0.717, 1.165) is 16.0 Å². The minimum Gasteiger partial charge on any atom is -0.462 e. The summed E-state index contributed by atoms with van der Waals surface area (Å²) in [7, 11) is 0. The van der Waals surface area contributed by atoms with E-state index in [9.17, 15) is 9.59 Å². The van der Waals surface area contributed by atoms with Crippen molar-refractivity contribution in [2.24, 2.45) is 5.92 Å². The zero-order chi connectivity index (χ0) is 18.4. The molecule has 0 saturated carbocycles. The molecule has 1 aromatic heterocycles. The van der Waals surface area contributed by atoms with E-state index in [1.807, 2.05) is 51.1 Å². The molecule has 0 saturated heterocycles. The van der Waals surface area contributed by atoms with Gasteiger partial charge in [0.15, 0.2) is 5.78 Å². The van der Waals surface area contributed by atoms with Gasteiger partial charge in [-0.15, -0.1) is 11.3 Å². The third-order valence-corrected chi connectivity index (χ3v) is 4.97. The number of thiophene rings is 1. The number of anilines is 1. The van der Waals surface area contributed by atoms with Crippen LogP contribution in [0, 0.1) is 12.8 Å². The third-order valence-electron chi connectivity index (χ3n) is 3.69. The molecule has 0 aliphatic heterocycles. The number of carbonyl (C=O) groups excluding carboxylic acids is 2. The smallest absolute Gasteiger partial charge is 0.341 e. The number of hydrogen-bond acceptors (Lipinski definition) is 5. The van der Waals surface area contributed by atoms with E-state index < -0.39 is 0 Å². The summed E-state index contributed by atoms with van der Waals surface area (Å²) in [5.74, 6) is -0.390. The highest BCUT2D eigenvalue weighted by Gasteiger charge is 2.22. The average molecular weight is 357 g/mol. The molecule has 0 bridgehead atoms. The van der Waals surface area contributed by atoms with Gasteiger partial charge in [-0.05, 0) is 31.1 Å². The summed E-state index contributed by atoms with van der Waals surface area (Å²) in [6, 6.07) is 9.91. The Morgan fingerprint density at radius 1 is 1.24 bits per heavy atom. The van der Waals surface area contributed by atoms with Gasteiger partial charge in [0.25, 0.3) is 0 Å². The van der Waals surface area contributed by atoms with Gasteiger partial charge in [0, 0.05) is 17.0 Å². The SMILES string of the molecule is CCOC(=O)c1c(N/C=C/C(=O)C(C)C)sc(-c2ccccc2)c1C. The molecular formula is C20H23NO3S. The Labute approximate surface area is 152 Å². The number of ether oxygens (including phenoxy) is 1. The molecule has 0 spiro atoms. The number of esters is 1. The maximum absolute atomic E-state index is 12.4. The molecule has 132 valence electrons. The summed E-state index contributed by atoms with van der Waals surface area (Å²) in [5.41, 5.74) is 2.44. The Hall–Kier alpha value is -2.40. The van der Waals surface area contributed by atoms with Crippen molar-refractivity contribution >= 4 is 28.1 Å². The number of ketones is 1. The highest BCUT2D eigenvalue weighted by Crippen LogP contribution is 2.40. The molecule has 2 aromatic rings. The lowest BCUT2D eigenvalue weighted by Crippen LogP contribution is -2.08. The molecule has 0 unspecified atom stereocenters. The molecule has 5 heteroatoms. The minimum absolute atomic E-state index is 0.0294. The van der Waals surface area contributed by atoms with Crippen LogP contribution in [0.15, 0.2) is 42.6 Å². The lowest BCUT2D eigenvalue weighted by atomic mass is 10.1. The number of hydrogen-bond donors (Lipinski definition) is 1. The normalized spacial score (nSPS) is 11.1. The summed E-state index contributed by atoms with van der Waals surface area (Å²) in [4.78, 5) is 25.1. The van der Waals surface area contributed by atoms with Gasteiger partial charge in [0.05, 0.1) is 12.2 Å². The van der Waals surface area contributed by atoms with Crippen LogP contribution in [0.4, 0.5) is 5.00 Å². The van der Waals surface area contributed by atoms with Gasteiger partial charge in [-0.3, -0.25) is 4.79 Å². The quantitative estimate of drug-likeness (QED) is 0.556. The van der Waals surface area contributed by atoms with Crippen LogP contribution in [0.3, 0.4) is 0 Å². The van der Waals surface area contributed by atoms with Crippen molar-refractivity contribution in [2.75, 3.05) is 11.9 Å². The fourth-order valence-corrected chi connectivity index (χ4v) is 3.50. The molecule has 2 rings (SSSR count). The van der Waals surface area contributed by atoms with E-state index in [0.29, 0.717) is 17.2 Å². The number of nitrogens with one attached hydrogen (secondary N) is 1. The zero-order valence-corrected chi connectivity index (χ0v) is 15.8. The zero-order valence-electron chi connectivity index (χ0n) is 15.0. The van der Waals surface area contributed by atoms with E-state index in [1.54, 1.807) is 13.1 Å². The second kappa shape index (κ2) is 8.62. The topological polar surface area (TPSA) is 55.4 Å². The Morgan fingerprint density at radius 3 is 2.52 bits per heavy atom. The monoisotopic (exact) mass is 357 g/mol. The number of allylic oxidation sites excluding steroid dienone is 1. The largest absolute Gasteiger partial charge is 0.462 e.